The molecular weight excluding hydrogens is 746 g/mol. The van der Waals surface area contributed by atoms with Crippen molar-refractivity contribution in [1.29, 1.82) is 0 Å². The van der Waals surface area contributed by atoms with Crippen LogP contribution in [0.4, 0.5) is 0 Å². The van der Waals surface area contributed by atoms with Gasteiger partial charge in [-0.2, -0.15) is 0 Å². The molecule has 0 saturated heterocycles. The van der Waals surface area contributed by atoms with Crippen molar-refractivity contribution in [2.24, 2.45) is 11.8 Å². The molecule has 0 radical (unpaired) electrons. The summed E-state index contributed by atoms with van der Waals surface area (Å²) in [6, 6.07) is 5.64. The van der Waals surface area contributed by atoms with Crippen LogP contribution in [-0.2, 0) is 0 Å². The molecule has 1 aromatic carbocycles. The second kappa shape index (κ2) is 7.04. The number of hydrogen-bond acceptors (Lipinski definition) is 0. The van der Waals surface area contributed by atoms with Crippen LogP contribution in [0.2, 0.25) is 0 Å². The summed E-state index contributed by atoms with van der Waals surface area (Å²) in [5.74, 6) is -2.65. The van der Waals surface area contributed by atoms with Gasteiger partial charge in [0.25, 0.3) is 0 Å². The Kier molecular flexibility index (Phi) is 5.53. The van der Waals surface area contributed by atoms with Gasteiger partial charge in [0.05, 0.1) is 20.1 Å². The Hall–Kier alpha value is 2.66. The summed E-state index contributed by atoms with van der Waals surface area (Å²) < 4.78 is -2.86. The first-order chi connectivity index (χ1) is 15.0. The summed E-state index contributed by atoms with van der Waals surface area (Å²) in [4.78, 5) is -6.42. The second-order valence-electron chi connectivity index (χ2n) is 9.03. The second-order valence-corrected chi connectivity index (χ2v) is 16.5. The van der Waals surface area contributed by atoms with E-state index in [2.05, 4.69) is 15.9 Å². The first kappa shape index (κ1) is 25.9. The third-order valence-electron chi connectivity index (χ3n) is 8.09. The summed E-state index contributed by atoms with van der Waals surface area (Å²) in [7, 11) is 0. The van der Waals surface area contributed by atoms with Crippen LogP contribution in [0.15, 0.2) is 42.8 Å². The number of halogens is 13. The molecule has 2 fully saturated rings. The molecule has 5 aliphatic carbocycles. The molecular formula is C20H7BrCl12. The SMILES string of the molecule is ClC1=C(Cl)[C@]2(Cl)[C@H]3[C@@H]4[C@@H](c5cc(Br)ccc5[C@H]3[C@@]1(Cl)C2(Cl)Cl)[C@@]1(Cl)C(Cl)=C(Cl)[C@]4(Cl)C1(Cl)Cl. The van der Waals surface area contributed by atoms with Gasteiger partial charge in [-0.25, -0.2) is 0 Å². The molecule has 33 heavy (non-hydrogen) atoms. The van der Waals surface area contributed by atoms with Crippen molar-refractivity contribution < 1.29 is 0 Å². The van der Waals surface area contributed by atoms with Crippen molar-refractivity contribution in [3.63, 3.8) is 0 Å². The van der Waals surface area contributed by atoms with Crippen molar-refractivity contribution in [3.8, 4) is 0 Å². The minimum Gasteiger partial charge on any atom is -0.109 e. The molecule has 0 heterocycles. The average molecular weight is 753 g/mol. The molecule has 0 nitrogen and oxygen atoms in total. The third kappa shape index (κ3) is 2.27. The van der Waals surface area contributed by atoms with Crippen LogP contribution in [0.1, 0.15) is 23.0 Å². The fourth-order valence-corrected chi connectivity index (χ4v) is 13.3. The first-order valence-electron chi connectivity index (χ1n) is 9.43. The van der Waals surface area contributed by atoms with Gasteiger partial charge in [-0.3, -0.25) is 0 Å². The highest BCUT2D eigenvalue weighted by molar-refractivity contribution is 9.10. The zero-order valence-corrected chi connectivity index (χ0v) is 26.1. The number of hydrogen-bond donors (Lipinski definition) is 0. The lowest BCUT2D eigenvalue weighted by Gasteiger charge is -2.52. The predicted octanol–water partition coefficient (Wildman–Crippen LogP) is 10.6. The lowest BCUT2D eigenvalue weighted by molar-refractivity contribution is 0.201. The highest BCUT2D eigenvalue weighted by Gasteiger charge is 2.91. The third-order valence-corrected chi connectivity index (χ3v) is 17.1. The molecule has 178 valence electrons. The Morgan fingerprint density at radius 3 is 1.33 bits per heavy atom. The maximum atomic E-state index is 7.28. The molecule has 4 bridgehead atoms. The van der Waals surface area contributed by atoms with E-state index in [-0.39, 0.29) is 20.1 Å². The van der Waals surface area contributed by atoms with Gasteiger partial charge < -0.3 is 0 Å². The summed E-state index contributed by atoms with van der Waals surface area (Å²) >= 11 is 87.1. The van der Waals surface area contributed by atoms with Crippen molar-refractivity contribution in [3.05, 3.63) is 53.9 Å². The molecule has 2 saturated carbocycles. The van der Waals surface area contributed by atoms with E-state index in [0.29, 0.717) is 0 Å². The fraction of sp³-hybridized carbons (Fsp3) is 0.500. The number of alkyl halides is 8. The van der Waals surface area contributed by atoms with Crippen LogP contribution in [0.5, 0.6) is 0 Å². The minimum atomic E-state index is -1.82. The summed E-state index contributed by atoms with van der Waals surface area (Å²) in [5.41, 5.74) is 1.53. The Morgan fingerprint density at radius 2 is 0.909 bits per heavy atom. The smallest absolute Gasteiger partial charge is 0.109 e. The van der Waals surface area contributed by atoms with Crippen molar-refractivity contribution >= 4 is 155 Å². The predicted molar refractivity (Wildman–Crippen MR) is 147 cm³/mol. The van der Waals surface area contributed by atoms with Gasteiger partial charge in [-0.05, 0) is 23.3 Å². The topological polar surface area (TPSA) is 0 Å². The quantitative estimate of drug-likeness (QED) is 0.232. The highest BCUT2D eigenvalue weighted by Crippen LogP contribution is 2.88. The largest absolute Gasteiger partial charge is 0.167 e. The van der Waals surface area contributed by atoms with Gasteiger partial charge in [0.1, 0.15) is 19.5 Å². The number of rotatable bonds is 0. The molecule has 0 amide bonds. The standard InChI is InChI=1S/C20H7BrCl12/c21-4-1-2-5-6(3-4)8-10(18(29)14(25)12(23)16(8,27)20(18,32)33)9-7(5)15(26)11(22)13(24)17(9,28)19(15,30)31/h1-3,7-10H/t7-,8-,9-,10+,15+,16-,17-,18+/m1/s1. The van der Waals surface area contributed by atoms with Crippen LogP contribution in [0.25, 0.3) is 0 Å². The molecule has 0 unspecified atom stereocenters. The van der Waals surface area contributed by atoms with E-state index in [1.165, 1.54) is 0 Å². The van der Waals surface area contributed by atoms with Crippen molar-refractivity contribution in [2.45, 2.75) is 40.0 Å². The summed E-state index contributed by atoms with van der Waals surface area (Å²) in [6.45, 7) is 0. The zero-order chi connectivity index (χ0) is 24.5. The van der Waals surface area contributed by atoms with Gasteiger partial charge in [-0.15, -0.1) is 46.4 Å². The monoisotopic (exact) mass is 746 g/mol. The van der Waals surface area contributed by atoms with Crippen LogP contribution < -0.4 is 0 Å². The van der Waals surface area contributed by atoms with Gasteiger partial charge >= 0.3 is 0 Å². The van der Waals surface area contributed by atoms with Crippen molar-refractivity contribution in [2.75, 3.05) is 0 Å². The molecule has 5 aliphatic rings. The lowest BCUT2D eigenvalue weighted by Crippen LogP contribution is -2.53. The van der Waals surface area contributed by atoms with E-state index in [9.17, 15) is 0 Å². The molecule has 6 rings (SSSR count). The molecule has 0 aliphatic heterocycles. The molecule has 1 aromatic rings. The molecule has 0 aromatic heterocycles. The Balaban J connectivity index is 1.79. The average Bonchev–Trinajstić information content (AvgIpc) is 3.08. The van der Waals surface area contributed by atoms with Crippen LogP contribution in [0.3, 0.4) is 0 Å². The fourth-order valence-electron chi connectivity index (χ4n) is 6.87. The molecule has 8 atom stereocenters. The molecule has 0 N–H and O–H groups in total. The van der Waals surface area contributed by atoms with Crippen LogP contribution in [0, 0.1) is 11.8 Å². The normalized spacial score (nSPS) is 50.1. The maximum Gasteiger partial charge on any atom is 0.167 e. The van der Waals surface area contributed by atoms with Gasteiger partial charge in [0.2, 0.25) is 0 Å². The minimum absolute atomic E-state index is 0.0388. The lowest BCUT2D eigenvalue weighted by atomic mass is 9.57. The van der Waals surface area contributed by atoms with E-state index < -0.39 is 51.8 Å². The van der Waals surface area contributed by atoms with E-state index >= 15 is 0 Å². The van der Waals surface area contributed by atoms with E-state index in [0.717, 1.165) is 15.6 Å². The maximum absolute atomic E-state index is 7.28. The van der Waals surface area contributed by atoms with Crippen LogP contribution in [-0.4, -0.2) is 28.2 Å². The molecule has 13 heteroatoms. The Labute approximate surface area is 258 Å². The van der Waals surface area contributed by atoms with Crippen LogP contribution >= 0.6 is 155 Å². The van der Waals surface area contributed by atoms with Gasteiger partial charge in [0.15, 0.2) is 8.67 Å². The van der Waals surface area contributed by atoms with Gasteiger partial charge in [0, 0.05) is 28.1 Å². The summed E-state index contributed by atoms with van der Waals surface area (Å²) in [6.07, 6.45) is 0. The zero-order valence-electron chi connectivity index (χ0n) is 15.5. The van der Waals surface area contributed by atoms with E-state index in [4.69, 9.17) is 139 Å². The number of allylic oxidation sites excluding steroid dienone is 4. The highest BCUT2D eigenvalue weighted by atomic mass is 79.9. The Morgan fingerprint density at radius 1 is 0.545 bits per heavy atom. The molecule has 0 spiro atoms. The van der Waals surface area contributed by atoms with E-state index in [1.807, 2.05) is 18.2 Å². The first-order valence-corrected chi connectivity index (χ1v) is 14.8. The Bertz CT molecular complexity index is 1240. The number of fused-ring (bicyclic) bond motifs is 14. The van der Waals surface area contributed by atoms with Crippen molar-refractivity contribution in [1.82, 2.24) is 0 Å². The number of benzene rings is 1. The van der Waals surface area contributed by atoms with Gasteiger partial charge in [-0.1, -0.05) is 115 Å². The van der Waals surface area contributed by atoms with E-state index in [1.54, 1.807) is 0 Å². The summed E-state index contributed by atoms with van der Waals surface area (Å²) in [5, 5.41) is 0.233.